The third-order valence-electron chi connectivity index (χ3n) is 2.96. The molecule has 7 heteroatoms. The van der Waals surface area contributed by atoms with Gasteiger partial charge in [-0.3, -0.25) is 0 Å². The number of halogens is 1. The van der Waals surface area contributed by atoms with Crippen molar-refractivity contribution in [3.63, 3.8) is 0 Å². The number of carbonyl (C=O) groups excluding carboxylic acids is 1. The highest BCUT2D eigenvalue weighted by atomic mass is 19.1. The fourth-order valence-corrected chi connectivity index (χ4v) is 1.95. The molecule has 0 spiro atoms. The smallest absolute Gasteiger partial charge is 0.341 e. The van der Waals surface area contributed by atoms with Gasteiger partial charge in [0.05, 0.1) is 5.56 Å². The molecule has 0 aliphatic heterocycles. The number of hydrogen-bond acceptors (Lipinski definition) is 5. The number of aryl methyl sites for hydroxylation is 2. The van der Waals surface area contributed by atoms with Crippen LogP contribution in [0.15, 0.2) is 18.5 Å². The minimum atomic E-state index is -0.769. The summed E-state index contributed by atoms with van der Waals surface area (Å²) < 4.78 is 20.6. The van der Waals surface area contributed by atoms with Crippen LogP contribution in [0.25, 0.3) is 0 Å². The van der Waals surface area contributed by atoms with Crippen molar-refractivity contribution in [3.8, 4) is 0 Å². The van der Waals surface area contributed by atoms with E-state index in [1.807, 2.05) is 6.92 Å². The van der Waals surface area contributed by atoms with E-state index >= 15 is 0 Å². The summed E-state index contributed by atoms with van der Waals surface area (Å²) in [6.07, 6.45) is 2.28. The van der Waals surface area contributed by atoms with Crippen LogP contribution in [0.3, 0.4) is 0 Å². The molecule has 0 unspecified atom stereocenters. The Balaban J connectivity index is 2.10. The molecule has 0 bridgehead atoms. The van der Waals surface area contributed by atoms with Gasteiger partial charge in [0.15, 0.2) is 12.4 Å². The highest BCUT2D eigenvalue weighted by Gasteiger charge is 2.17. The van der Waals surface area contributed by atoms with Crippen molar-refractivity contribution in [1.29, 1.82) is 0 Å². The first-order chi connectivity index (χ1) is 10.0. The number of aromatic nitrogens is 3. The van der Waals surface area contributed by atoms with Gasteiger partial charge in [0.2, 0.25) is 0 Å². The minimum absolute atomic E-state index is 0.0634. The summed E-state index contributed by atoms with van der Waals surface area (Å²) in [5.41, 5.74) is 6.06. The van der Waals surface area contributed by atoms with Gasteiger partial charge in [-0.25, -0.2) is 18.9 Å². The van der Waals surface area contributed by atoms with Gasteiger partial charge in [-0.2, -0.15) is 5.10 Å². The van der Waals surface area contributed by atoms with E-state index in [2.05, 4.69) is 10.1 Å². The molecule has 21 heavy (non-hydrogen) atoms. The molecule has 1 aromatic heterocycles. The third-order valence-corrected chi connectivity index (χ3v) is 2.96. The zero-order chi connectivity index (χ0) is 15.4. The first-order valence-corrected chi connectivity index (χ1v) is 6.62. The Morgan fingerprint density at radius 3 is 2.95 bits per heavy atom. The van der Waals surface area contributed by atoms with E-state index in [-0.39, 0.29) is 12.2 Å². The molecular weight excluding hydrogens is 275 g/mol. The van der Waals surface area contributed by atoms with Crippen LogP contribution in [-0.2, 0) is 17.9 Å². The first-order valence-electron chi connectivity index (χ1n) is 6.62. The Labute approximate surface area is 121 Å². The second kappa shape index (κ2) is 6.34. The van der Waals surface area contributed by atoms with Gasteiger partial charge in [0, 0.05) is 12.2 Å². The molecule has 0 atom stereocenters. The van der Waals surface area contributed by atoms with Crippen molar-refractivity contribution < 1.29 is 13.9 Å². The monoisotopic (exact) mass is 292 g/mol. The Morgan fingerprint density at radius 2 is 2.24 bits per heavy atom. The number of benzene rings is 1. The van der Waals surface area contributed by atoms with Crippen molar-refractivity contribution in [3.05, 3.63) is 41.2 Å². The molecule has 0 aliphatic rings. The van der Waals surface area contributed by atoms with Crippen molar-refractivity contribution in [2.45, 2.75) is 33.4 Å². The average Bonchev–Trinajstić information content (AvgIpc) is 2.88. The lowest BCUT2D eigenvalue weighted by Crippen LogP contribution is -2.13. The molecule has 0 saturated carbocycles. The average molecular weight is 292 g/mol. The molecule has 0 fully saturated rings. The lowest BCUT2D eigenvalue weighted by Gasteiger charge is -2.08. The predicted octanol–water partition coefficient (Wildman–Crippen LogP) is 2.07. The number of anilines is 1. The Bertz CT molecular complexity index is 654. The Hall–Kier alpha value is -2.44. The fourth-order valence-electron chi connectivity index (χ4n) is 1.95. The van der Waals surface area contributed by atoms with Crippen LogP contribution in [0, 0.1) is 12.7 Å². The van der Waals surface area contributed by atoms with E-state index in [1.165, 1.54) is 18.5 Å². The predicted molar refractivity (Wildman–Crippen MR) is 75.0 cm³/mol. The van der Waals surface area contributed by atoms with Crippen LogP contribution in [-0.4, -0.2) is 20.7 Å². The van der Waals surface area contributed by atoms with Gasteiger partial charge in [-0.15, -0.1) is 0 Å². The summed E-state index contributed by atoms with van der Waals surface area (Å²) in [4.78, 5) is 16.0. The maximum absolute atomic E-state index is 13.9. The van der Waals surface area contributed by atoms with Crippen molar-refractivity contribution in [2.24, 2.45) is 0 Å². The zero-order valence-electron chi connectivity index (χ0n) is 12.0. The van der Waals surface area contributed by atoms with Crippen molar-refractivity contribution in [2.75, 3.05) is 5.73 Å². The minimum Gasteiger partial charge on any atom is -0.454 e. The van der Waals surface area contributed by atoms with Crippen LogP contribution in [0.5, 0.6) is 0 Å². The largest absolute Gasteiger partial charge is 0.454 e. The van der Waals surface area contributed by atoms with Gasteiger partial charge >= 0.3 is 5.97 Å². The second-order valence-corrected chi connectivity index (χ2v) is 4.67. The summed E-state index contributed by atoms with van der Waals surface area (Å²) in [6, 6.07) is 2.73. The highest BCUT2D eigenvalue weighted by Crippen LogP contribution is 2.18. The van der Waals surface area contributed by atoms with E-state index in [4.69, 9.17) is 10.5 Å². The number of hydrogen-bond donors (Lipinski definition) is 1. The SMILES string of the molecule is CCCn1ncnc1COC(=O)c1cc(N)cc(C)c1F. The van der Waals surface area contributed by atoms with E-state index < -0.39 is 11.8 Å². The van der Waals surface area contributed by atoms with Gasteiger partial charge in [0.1, 0.15) is 12.1 Å². The molecule has 2 aromatic rings. The van der Waals surface area contributed by atoms with Gasteiger partial charge in [0.25, 0.3) is 0 Å². The number of nitrogen functional groups attached to an aromatic ring is 1. The molecule has 2 N–H and O–H groups in total. The van der Waals surface area contributed by atoms with E-state index in [9.17, 15) is 9.18 Å². The number of esters is 1. The van der Waals surface area contributed by atoms with Crippen LogP contribution in [0.4, 0.5) is 10.1 Å². The Morgan fingerprint density at radius 1 is 1.48 bits per heavy atom. The fraction of sp³-hybridized carbons (Fsp3) is 0.357. The van der Waals surface area contributed by atoms with E-state index in [1.54, 1.807) is 11.6 Å². The van der Waals surface area contributed by atoms with Crippen molar-refractivity contribution in [1.82, 2.24) is 14.8 Å². The second-order valence-electron chi connectivity index (χ2n) is 4.67. The van der Waals surface area contributed by atoms with Gasteiger partial charge in [-0.05, 0) is 31.0 Å². The van der Waals surface area contributed by atoms with Gasteiger partial charge in [-0.1, -0.05) is 6.92 Å². The number of ether oxygens (including phenoxy) is 1. The summed E-state index contributed by atoms with van der Waals surface area (Å²) in [6.45, 7) is 4.16. The molecule has 6 nitrogen and oxygen atoms in total. The quantitative estimate of drug-likeness (QED) is 0.674. The number of carbonyl (C=O) groups is 1. The molecule has 0 amide bonds. The van der Waals surface area contributed by atoms with Crippen LogP contribution in [0.2, 0.25) is 0 Å². The molecule has 0 aliphatic carbocycles. The topological polar surface area (TPSA) is 83.0 Å². The summed E-state index contributed by atoms with van der Waals surface area (Å²) >= 11 is 0. The number of nitrogens with two attached hydrogens (primary N) is 1. The van der Waals surface area contributed by atoms with Crippen LogP contribution in [0.1, 0.15) is 35.1 Å². The summed E-state index contributed by atoms with van der Waals surface area (Å²) in [5, 5.41) is 4.02. The summed E-state index contributed by atoms with van der Waals surface area (Å²) in [5.74, 6) is -0.871. The standard InChI is InChI=1S/C14H17FN4O2/c1-3-4-19-12(17-8-18-19)7-21-14(20)11-6-10(16)5-9(2)13(11)15/h5-6,8H,3-4,7,16H2,1-2H3. The molecule has 1 heterocycles. The van der Waals surface area contributed by atoms with E-state index in [0.29, 0.717) is 23.6 Å². The third kappa shape index (κ3) is 3.36. The lowest BCUT2D eigenvalue weighted by atomic mass is 10.1. The maximum atomic E-state index is 13.9. The van der Waals surface area contributed by atoms with Crippen LogP contribution >= 0.6 is 0 Å². The molecule has 1 aromatic carbocycles. The first kappa shape index (κ1) is 15.0. The summed E-state index contributed by atoms with van der Waals surface area (Å²) in [7, 11) is 0. The lowest BCUT2D eigenvalue weighted by molar-refractivity contribution is 0.0451. The maximum Gasteiger partial charge on any atom is 0.341 e. The normalized spacial score (nSPS) is 10.6. The van der Waals surface area contributed by atoms with Crippen molar-refractivity contribution >= 4 is 11.7 Å². The zero-order valence-corrected chi connectivity index (χ0v) is 12.0. The molecule has 112 valence electrons. The van der Waals surface area contributed by atoms with E-state index in [0.717, 1.165) is 6.42 Å². The molecular formula is C14H17FN4O2. The van der Waals surface area contributed by atoms with Crippen LogP contribution < -0.4 is 5.73 Å². The number of nitrogens with zero attached hydrogens (tertiary/aromatic N) is 3. The molecule has 0 saturated heterocycles. The Kier molecular flexibility index (Phi) is 4.52. The van der Waals surface area contributed by atoms with Gasteiger partial charge < -0.3 is 10.5 Å². The molecule has 2 rings (SSSR count). The molecule has 0 radical (unpaired) electrons. The number of rotatable bonds is 5. The highest BCUT2D eigenvalue weighted by molar-refractivity contribution is 5.91.